The van der Waals surface area contributed by atoms with Gasteiger partial charge in [0.1, 0.15) is 11.5 Å². The van der Waals surface area contributed by atoms with Crippen LogP contribution in [0.1, 0.15) is 5.56 Å². The summed E-state index contributed by atoms with van der Waals surface area (Å²) >= 11 is 5.63. The number of halogens is 2. The number of benzene rings is 1. The molecule has 0 N–H and O–H groups in total. The van der Waals surface area contributed by atoms with Gasteiger partial charge in [-0.05, 0) is 18.2 Å². The average molecular weight is 239 g/mol. The second-order valence-electron chi connectivity index (χ2n) is 2.64. The third-order valence-electron chi connectivity index (χ3n) is 1.57. The molecule has 0 heterocycles. The number of hydrogen-bond acceptors (Lipinski definition) is 3. The highest BCUT2D eigenvalue weighted by Crippen LogP contribution is 2.24. The first-order chi connectivity index (χ1) is 6.42. The Morgan fingerprint density at radius 1 is 1.50 bits per heavy atom. The first kappa shape index (κ1) is 11.3. The Labute approximate surface area is 86.7 Å². The van der Waals surface area contributed by atoms with Crippen molar-refractivity contribution in [3.05, 3.63) is 28.8 Å². The second-order valence-corrected chi connectivity index (χ2v) is 4.44. The summed E-state index contributed by atoms with van der Waals surface area (Å²) in [4.78, 5) is 0. The van der Waals surface area contributed by atoms with Gasteiger partial charge >= 0.3 is 10.2 Å². The van der Waals surface area contributed by atoms with E-state index >= 15 is 0 Å². The molecule has 0 atom stereocenters. The number of rotatable bonds is 3. The van der Waals surface area contributed by atoms with Crippen molar-refractivity contribution in [3.63, 3.8) is 0 Å². The summed E-state index contributed by atoms with van der Waals surface area (Å²) in [5.41, 5.74) is 0.211. The van der Waals surface area contributed by atoms with E-state index in [0.29, 0.717) is 10.8 Å². The Morgan fingerprint density at radius 2 is 2.14 bits per heavy atom. The molecule has 6 heteroatoms. The molecule has 0 bridgehead atoms. The zero-order chi connectivity index (χ0) is 10.8. The lowest BCUT2D eigenvalue weighted by molar-refractivity contribution is 0.410. The standard InChI is InChI=1S/C8H8ClFO3S/c1-13-8-3-2-7(9)4-6(8)5-14(10,11)12/h2-4H,5H2,1H3. The van der Waals surface area contributed by atoms with Crippen LogP contribution in [0.25, 0.3) is 0 Å². The van der Waals surface area contributed by atoms with Crippen LogP contribution in [0, 0.1) is 0 Å². The van der Waals surface area contributed by atoms with Crippen molar-refractivity contribution in [1.82, 2.24) is 0 Å². The van der Waals surface area contributed by atoms with Crippen molar-refractivity contribution in [2.24, 2.45) is 0 Å². The van der Waals surface area contributed by atoms with Gasteiger partial charge in [0.2, 0.25) is 0 Å². The van der Waals surface area contributed by atoms with Gasteiger partial charge in [0.15, 0.2) is 0 Å². The lowest BCUT2D eigenvalue weighted by Gasteiger charge is -2.06. The van der Waals surface area contributed by atoms with Gasteiger partial charge in [-0.25, -0.2) is 0 Å². The maximum absolute atomic E-state index is 12.4. The normalized spacial score (nSPS) is 11.4. The van der Waals surface area contributed by atoms with Crippen LogP contribution in [0.15, 0.2) is 18.2 Å². The van der Waals surface area contributed by atoms with Crippen LogP contribution in [0.4, 0.5) is 3.89 Å². The summed E-state index contributed by atoms with van der Waals surface area (Å²) in [5.74, 6) is -0.424. The second kappa shape index (κ2) is 4.14. The van der Waals surface area contributed by atoms with Gasteiger partial charge in [0, 0.05) is 10.6 Å². The fourth-order valence-electron chi connectivity index (χ4n) is 1.05. The van der Waals surface area contributed by atoms with Crippen molar-refractivity contribution < 1.29 is 17.0 Å². The van der Waals surface area contributed by atoms with E-state index in [1.807, 2.05) is 0 Å². The first-order valence-corrected chi connectivity index (χ1v) is 5.60. The van der Waals surface area contributed by atoms with Crippen molar-refractivity contribution in [2.75, 3.05) is 7.11 Å². The molecule has 0 saturated heterocycles. The summed E-state index contributed by atoms with van der Waals surface area (Å²) in [6.45, 7) is 0. The van der Waals surface area contributed by atoms with Gasteiger partial charge in [-0.1, -0.05) is 11.6 Å². The lowest BCUT2D eigenvalue weighted by Crippen LogP contribution is -1.99. The fourth-order valence-corrected chi connectivity index (χ4v) is 1.84. The van der Waals surface area contributed by atoms with Gasteiger partial charge in [-0.3, -0.25) is 0 Å². The molecule has 0 aliphatic heterocycles. The molecular weight excluding hydrogens is 231 g/mol. The van der Waals surface area contributed by atoms with Gasteiger partial charge in [0.05, 0.1) is 7.11 Å². The predicted molar refractivity (Wildman–Crippen MR) is 51.7 cm³/mol. The van der Waals surface area contributed by atoms with E-state index in [4.69, 9.17) is 16.3 Å². The molecule has 0 aliphatic rings. The molecule has 0 amide bonds. The van der Waals surface area contributed by atoms with Gasteiger partial charge in [-0.15, -0.1) is 3.89 Å². The van der Waals surface area contributed by atoms with E-state index in [0.717, 1.165) is 0 Å². The van der Waals surface area contributed by atoms with Crippen LogP contribution in [-0.4, -0.2) is 15.5 Å². The molecule has 0 aliphatic carbocycles. The Kier molecular flexibility index (Phi) is 3.34. The van der Waals surface area contributed by atoms with E-state index in [1.54, 1.807) is 0 Å². The number of methoxy groups -OCH3 is 1. The quantitative estimate of drug-likeness (QED) is 0.758. The highest BCUT2D eigenvalue weighted by atomic mass is 35.5. The number of hydrogen-bond donors (Lipinski definition) is 0. The molecule has 1 aromatic carbocycles. The minimum Gasteiger partial charge on any atom is -0.496 e. The van der Waals surface area contributed by atoms with Crippen LogP contribution < -0.4 is 4.74 Å². The van der Waals surface area contributed by atoms with Crippen molar-refractivity contribution in [1.29, 1.82) is 0 Å². The molecule has 3 nitrogen and oxygen atoms in total. The summed E-state index contributed by atoms with van der Waals surface area (Å²) in [6, 6.07) is 4.38. The molecule has 0 unspecified atom stereocenters. The molecule has 0 spiro atoms. The van der Waals surface area contributed by atoms with Crippen molar-refractivity contribution in [2.45, 2.75) is 5.75 Å². The zero-order valence-corrected chi connectivity index (χ0v) is 8.90. The SMILES string of the molecule is COc1ccc(Cl)cc1CS(=O)(=O)F. The third-order valence-corrected chi connectivity index (χ3v) is 2.46. The summed E-state index contributed by atoms with van der Waals surface area (Å²) in [7, 11) is -3.19. The van der Waals surface area contributed by atoms with Crippen LogP contribution in [0.2, 0.25) is 5.02 Å². The van der Waals surface area contributed by atoms with Gasteiger partial charge in [0.25, 0.3) is 0 Å². The third kappa shape index (κ3) is 3.16. The van der Waals surface area contributed by atoms with Crippen LogP contribution >= 0.6 is 11.6 Å². The van der Waals surface area contributed by atoms with Gasteiger partial charge in [-0.2, -0.15) is 8.42 Å². The monoisotopic (exact) mass is 238 g/mol. The molecular formula is C8H8ClFO3S. The molecule has 14 heavy (non-hydrogen) atoms. The van der Waals surface area contributed by atoms with Crippen LogP contribution in [0.3, 0.4) is 0 Å². The van der Waals surface area contributed by atoms with Crippen molar-refractivity contribution in [3.8, 4) is 5.75 Å². The van der Waals surface area contributed by atoms with E-state index < -0.39 is 16.0 Å². The maximum atomic E-state index is 12.4. The Hall–Kier alpha value is -0.810. The Morgan fingerprint density at radius 3 is 2.64 bits per heavy atom. The summed E-state index contributed by atoms with van der Waals surface area (Å²) in [5, 5.41) is 0.337. The molecule has 1 rings (SSSR count). The molecule has 0 fully saturated rings. The van der Waals surface area contributed by atoms with E-state index in [1.165, 1.54) is 25.3 Å². The van der Waals surface area contributed by atoms with Crippen LogP contribution in [-0.2, 0) is 16.0 Å². The van der Waals surface area contributed by atoms with Crippen LogP contribution in [0.5, 0.6) is 5.75 Å². The first-order valence-electron chi connectivity index (χ1n) is 3.67. The largest absolute Gasteiger partial charge is 0.496 e. The lowest BCUT2D eigenvalue weighted by atomic mass is 10.2. The van der Waals surface area contributed by atoms with E-state index in [9.17, 15) is 12.3 Å². The molecule has 0 aromatic heterocycles. The average Bonchev–Trinajstić information content (AvgIpc) is 2.01. The summed E-state index contributed by atoms with van der Waals surface area (Å²) < 4.78 is 38.1. The fraction of sp³-hybridized carbons (Fsp3) is 0.250. The minimum absolute atomic E-state index is 0.211. The topological polar surface area (TPSA) is 43.4 Å². The summed E-state index contributed by atoms with van der Waals surface area (Å²) in [6.07, 6.45) is 0. The molecule has 0 saturated carbocycles. The Bertz CT molecular complexity index is 430. The molecule has 1 aromatic rings. The highest BCUT2D eigenvalue weighted by molar-refractivity contribution is 7.85. The molecule has 0 radical (unpaired) electrons. The minimum atomic E-state index is -4.57. The Balaban J connectivity index is 3.11. The maximum Gasteiger partial charge on any atom is 0.306 e. The zero-order valence-electron chi connectivity index (χ0n) is 7.33. The smallest absolute Gasteiger partial charge is 0.306 e. The highest BCUT2D eigenvalue weighted by Gasteiger charge is 2.13. The predicted octanol–water partition coefficient (Wildman–Crippen LogP) is 2.15. The van der Waals surface area contributed by atoms with E-state index in [-0.39, 0.29) is 5.56 Å². The molecule has 78 valence electrons. The van der Waals surface area contributed by atoms with E-state index in [2.05, 4.69) is 0 Å². The van der Waals surface area contributed by atoms with Crippen molar-refractivity contribution >= 4 is 21.8 Å². The number of ether oxygens (including phenoxy) is 1. The van der Waals surface area contributed by atoms with Gasteiger partial charge < -0.3 is 4.74 Å².